The van der Waals surface area contributed by atoms with Gasteiger partial charge >= 0.3 is 0 Å². The van der Waals surface area contributed by atoms with Crippen LogP contribution in [-0.4, -0.2) is 18.4 Å². The van der Waals surface area contributed by atoms with Gasteiger partial charge in [-0.1, -0.05) is 59.3 Å². The molecule has 0 spiro atoms. The largest absolute Gasteiger partial charge is 0.492 e. The summed E-state index contributed by atoms with van der Waals surface area (Å²) in [5, 5.41) is 3.66. The van der Waals surface area contributed by atoms with E-state index in [1.165, 1.54) is 11.8 Å². The maximum atomic E-state index is 13.5. The van der Waals surface area contributed by atoms with Gasteiger partial charge in [0, 0.05) is 9.92 Å². The molecular formula is C26H23ClN2O3S. The van der Waals surface area contributed by atoms with Crippen molar-refractivity contribution in [2.24, 2.45) is 0 Å². The summed E-state index contributed by atoms with van der Waals surface area (Å²) in [6, 6.07) is 20.3. The second kappa shape index (κ2) is 9.73. The number of imide groups is 1. The highest BCUT2D eigenvalue weighted by atomic mass is 35.5. The van der Waals surface area contributed by atoms with E-state index in [1.807, 2.05) is 69.3 Å². The second-order valence-electron chi connectivity index (χ2n) is 7.55. The summed E-state index contributed by atoms with van der Waals surface area (Å²) < 4.78 is 5.70. The summed E-state index contributed by atoms with van der Waals surface area (Å²) in [4.78, 5) is 29.4. The number of hydrogen-bond donors (Lipinski definition) is 1. The zero-order chi connectivity index (χ0) is 23.5. The SMILES string of the molecule is CCOc1ccccc1NC1=C(Sc2ccc(C)cc2)C(=O)N(c2ccc(C)c(Cl)c2)C1=O. The molecule has 0 atom stereocenters. The highest BCUT2D eigenvalue weighted by Gasteiger charge is 2.40. The van der Waals surface area contributed by atoms with Gasteiger partial charge < -0.3 is 10.1 Å². The minimum Gasteiger partial charge on any atom is -0.492 e. The number of para-hydroxylation sites is 2. The van der Waals surface area contributed by atoms with E-state index in [0.717, 1.165) is 20.9 Å². The number of amides is 2. The Hall–Kier alpha value is -3.22. The third-order valence-corrected chi connectivity index (χ3v) is 6.64. The van der Waals surface area contributed by atoms with Crippen LogP contribution in [-0.2, 0) is 9.59 Å². The molecule has 7 heteroatoms. The molecule has 33 heavy (non-hydrogen) atoms. The summed E-state index contributed by atoms with van der Waals surface area (Å²) in [5.41, 5.74) is 3.22. The van der Waals surface area contributed by atoms with E-state index in [9.17, 15) is 9.59 Å². The van der Waals surface area contributed by atoms with Gasteiger partial charge in [-0.3, -0.25) is 9.59 Å². The highest BCUT2D eigenvalue weighted by Crippen LogP contribution is 2.39. The van der Waals surface area contributed by atoms with E-state index in [2.05, 4.69) is 5.32 Å². The molecule has 1 aliphatic rings. The van der Waals surface area contributed by atoms with Gasteiger partial charge in [0.15, 0.2) is 0 Å². The molecule has 0 saturated heterocycles. The smallest absolute Gasteiger partial charge is 0.283 e. The van der Waals surface area contributed by atoms with Crippen molar-refractivity contribution in [2.75, 3.05) is 16.8 Å². The van der Waals surface area contributed by atoms with Crippen molar-refractivity contribution >= 4 is 46.6 Å². The molecule has 0 bridgehead atoms. The molecule has 1 aliphatic heterocycles. The van der Waals surface area contributed by atoms with Crippen molar-refractivity contribution in [3.63, 3.8) is 0 Å². The van der Waals surface area contributed by atoms with E-state index in [4.69, 9.17) is 16.3 Å². The molecule has 2 amide bonds. The molecule has 0 aromatic heterocycles. The number of halogens is 1. The summed E-state index contributed by atoms with van der Waals surface area (Å²) in [7, 11) is 0. The van der Waals surface area contributed by atoms with Gasteiger partial charge in [0.25, 0.3) is 11.8 Å². The van der Waals surface area contributed by atoms with Gasteiger partial charge in [-0.05, 0) is 62.7 Å². The molecule has 0 unspecified atom stereocenters. The number of carbonyl (C=O) groups excluding carboxylic acids is 2. The minimum atomic E-state index is -0.444. The number of ether oxygens (including phenoxy) is 1. The van der Waals surface area contributed by atoms with Crippen LogP contribution >= 0.6 is 23.4 Å². The number of nitrogens with one attached hydrogen (secondary N) is 1. The van der Waals surface area contributed by atoms with E-state index in [-0.39, 0.29) is 5.70 Å². The maximum Gasteiger partial charge on any atom is 0.283 e. The number of aryl methyl sites for hydroxylation is 2. The monoisotopic (exact) mass is 478 g/mol. The van der Waals surface area contributed by atoms with Crippen molar-refractivity contribution in [3.8, 4) is 5.75 Å². The summed E-state index contributed by atoms with van der Waals surface area (Å²) in [6.45, 7) is 6.23. The van der Waals surface area contributed by atoms with E-state index in [0.29, 0.717) is 33.7 Å². The number of rotatable bonds is 7. The molecule has 3 aromatic carbocycles. The van der Waals surface area contributed by atoms with Crippen molar-refractivity contribution in [3.05, 3.63) is 93.5 Å². The molecule has 0 radical (unpaired) electrons. The number of carbonyl (C=O) groups is 2. The number of anilines is 2. The molecule has 5 nitrogen and oxygen atoms in total. The Labute approximate surface area is 202 Å². The quantitative estimate of drug-likeness (QED) is 0.401. The lowest BCUT2D eigenvalue weighted by Gasteiger charge is -2.17. The van der Waals surface area contributed by atoms with Crippen LogP contribution in [0.5, 0.6) is 5.75 Å². The van der Waals surface area contributed by atoms with Gasteiger partial charge in [0.05, 0.1) is 18.0 Å². The summed E-state index contributed by atoms with van der Waals surface area (Å²) >= 11 is 7.55. The van der Waals surface area contributed by atoms with Gasteiger partial charge in [0.2, 0.25) is 0 Å². The van der Waals surface area contributed by atoms with Gasteiger partial charge in [-0.25, -0.2) is 4.90 Å². The predicted octanol–water partition coefficient (Wildman–Crippen LogP) is 6.34. The van der Waals surface area contributed by atoms with Crippen LogP contribution in [0.25, 0.3) is 0 Å². The first-order chi connectivity index (χ1) is 15.9. The second-order valence-corrected chi connectivity index (χ2v) is 9.04. The fourth-order valence-corrected chi connectivity index (χ4v) is 4.48. The van der Waals surface area contributed by atoms with Crippen LogP contribution < -0.4 is 15.0 Å². The molecular weight excluding hydrogens is 456 g/mol. The molecule has 1 N–H and O–H groups in total. The topological polar surface area (TPSA) is 58.6 Å². The summed E-state index contributed by atoms with van der Waals surface area (Å²) in [5.74, 6) is -0.244. The maximum absolute atomic E-state index is 13.5. The van der Waals surface area contributed by atoms with Crippen molar-refractivity contribution in [2.45, 2.75) is 25.7 Å². The fourth-order valence-electron chi connectivity index (χ4n) is 3.38. The molecule has 0 saturated carbocycles. The fraction of sp³-hybridized carbons (Fsp3) is 0.154. The lowest BCUT2D eigenvalue weighted by atomic mass is 10.2. The molecule has 168 valence electrons. The number of thioether (sulfide) groups is 1. The van der Waals surface area contributed by atoms with Crippen LogP contribution in [0.15, 0.2) is 82.2 Å². The van der Waals surface area contributed by atoms with Gasteiger partial charge in [0.1, 0.15) is 16.4 Å². The van der Waals surface area contributed by atoms with Crippen LogP contribution in [0, 0.1) is 13.8 Å². The first kappa shape index (κ1) is 23.0. The van der Waals surface area contributed by atoms with Crippen LogP contribution in [0.4, 0.5) is 11.4 Å². The van der Waals surface area contributed by atoms with E-state index in [1.54, 1.807) is 18.2 Å². The highest BCUT2D eigenvalue weighted by molar-refractivity contribution is 8.04. The van der Waals surface area contributed by atoms with E-state index >= 15 is 0 Å². The lowest BCUT2D eigenvalue weighted by molar-refractivity contribution is -0.120. The first-order valence-corrected chi connectivity index (χ1v) is 11.7. The zero-order valence-corrected chi connectivity index (χ0v) is 20.1. The van der Waals surface area contributed by atoms with Crippen molar-refractivity contribution < 1.29 is 14.3 Å². The Balaban J connectivity index is 1.77. The number of benzene rings is 3. The van der Waals surface area contributed by atoms with Gasteiger partial charge in [-0.2, -0.15) is 0 Å². The number of hydrogen-bond acceptors (Lipinski definition) is 5. The Morgan fingerprint density at radius 2 is 1.70 bits per heavy atom. The molecule has 1 heterocycles. The average Bonchev–Trinajstić information content (AvgIpc) is 3.02. The lowest BCUT2D eigenvalue weighted by Crippen LogP contribution is -2.32. The van der Waals surface area contributed by atoms with Crippen LogP contribution in [0.2, 0.25) is 5.02 Å². The molecule has 3 aromatic rings. The Kier molecular flexibility index (Phi) is 6.77. The summed E-state index contributed by atoms with van der Waals surface area (Å²) in [6.07, 6.45) is 0. The Morgan fingerprint density at radius 3 is 2.39 bits per heavy atom. The Bertz CT molecular complexity index is 1250. The third-order valence-electron chi connectivity index (χ3n) is 5.14. The van der Waals surface area contributed by atoms with Crippen molar-refractivity contribution in [1.29, 1.82) is 0 Å². The minimum absolute atomic E-state index is 0.203. The third kappa shape index (κ3) is 4.77. The van der Waals surface area contributed by atoms with Crippen molar-refractivity contribution in [1.82, 2.24) is 0 Å². The molecule has 0 fully saturated rings. The predicted molar refractivity (Wildman–Crippen MR) is 134 cm³/mol. The normalized spacial score (nSPS) is 13.6. The van der Waals surface area contributed by atoms with Crippen LogP contribution in [0.1, 0.15) is 18.1 Å². The first-order valence-electron chi connectivity index (χ1n) is 10.5. The molecule has 4 rings (SSSR count). The van der Waals surface area contributed by atoms with E-state index < -0.39 is 11.8 Å². The Morgan fingerprint density at radius 1 is 0.970 bits per heavy atom. The number of nitrogens with zero attached hydrogens (tertiary/aromatic N) is 1. The standard InChI is InChI=1S/C26H23ClN2O3S/c1-4-32-22-8-6-5-7-21(22)28-23-24(33-19-13-9-16(2)10-14-19)26(31)29(25(23)30)18-12-11-17(3)20(27)15-18/h5-15,28H,4H2,1-3H3. The average molecular weight is 479 g/mol. The van der Waals surface area contributed by atoms with Gasteiger partial charge in [-0.15, -0.1) is 0 Å². The van der Waals surface area contributed by atoms with Crippen LogP contribution in [0.3, 0.4) is 0 Å². The molecule has 0 aliphatic carbocycles. The zero-order valence-electron chi connectivity index (χ0n) is 18.5.